The van der Waals surface area contributed by atoms with Gasteiger partial charge in [-0.15, -0.1) is 0 Å². The summed E-state index contributed by atoms with van der Waals surface area (Å²) in [6, 6.07) is 0. The zero-order chi connectivity index (χ0) is 12.4. The third-order valence-electron chi connectivity index (χ3n) is 2.51. The molecule has 0 spiro atoms. The summed E-state index contributed by atoms with van der Waals surface area (Å²) in [5.74, 6) is 0.840. The number of hydrogen-bond acceptors (Lipinski definition) is 2. The lowest BCUT2D eigenvalue weighted by atomic mass is 10.0. The second kappa shape index (κ2) is 9.59. The molecular weight excluding hydrogens is 200 g/mol. The van der Waals surface area contributed by atoms with E-state index in [1.165, 1.54) is 0 Å². The molecule has 0 heterocycles. The number of carbonyl (C=O) groups is 1. The maximum absolute atomic E-state index is 10.9. The Balaban J connectivity index is 3.94. The van der Waals surface area contributed by atoms with E-state index in [1.807, 2.05) is 6.92 Å². The predicted molar refractivity (Wildman–Crippen MR) is 68.5 cm³/mol. The number of carbonyl (C=O) groups excluding carboxylic acids is 1. The number of allylic oxidation sites excluding steroid dienone is 1. The van der Waals surface area contributed by atoms with Crippen molar-refractivity contribution in [2.75, 3.05) is 6.61 Å². The van der Waals surface area contributed by atoms with Crippen LogP contribution in [0.2, 0.25) is 0 Å². The molecule has 0 amide bonds. The molecule has 0 radical (unpaired) electrons. The van der Waals surface area contributed by atoms with Crippen LogP contribution in [0.1, 0.15) is 47.0 Å². The third kappa shape index (κ3) is 7.63. The fourth-order valence-corrected chi connectivity index (χ4v) is 1.35. The Kier molecular flexibility index (Phi) is 9.21. The molecule has 0 aromatic rings. The number of ether oxygens (including phenoxy) is 1. The van der Waals surface area contributed by atoms with Gasteiger partial charge in [-0.05, 0) is 18.8 Å². The van der Waals surface area contributed by atoms with Crippen LogP contribution in [0, 0.1) is 11.8 Å². The molecule has 0 bridgehead atoms. The van der Waals surface area contributed by atoms with Gasteiger partial charge in [-0.2, -0.15) is 0 Å². The molecule has 16 heavy (non-hydrogen) atoms. The lowest BCUT2D eigenvalue weighted by Crippen LogP contribution is -2.22. The van der Waals surface area contributed by atoms with Crippen molar-refractivity contribution in [3.8, 4) is 0 Å². The summed E-state index contributed by atoms with van der Waals surface area (Å²) in [6.07, 6.45) is 8.05. The maximum Gasteiger partial charge on any atom is 0.149 e. The molecule has 0 aromatic carbocycles. The van der Waals surface area contributed by atoms with E-state index in [0.717, 1.165) is 25.5 Å². The van der Waals surface area contributed by atoms with Crippen LogP contribution in [0.15, 0.2) is 12.2 Å². The Hall–Kier alpha value is -0.630. The minimum Gasteiger partial charge on any atom is -0.370 e. The van der Waals surface area contributed by atoms with E-state index >= 15 is 0 Å². The summed E-state index contributed by atoms with van der Waals surface area (Å²) < 4.78 is 5.53. The summed E-state index contributed by atoms with van der Waals surface area (Å²) in [6.45, 7) is 9.20. The van der Waals surface area contributed by atoms with Gasteiger partial charge in [0.1, 0.15) is 12.4 Å². The second-order valence-corrected chi connectivity index (χ2v) is 4.74. The van der Waals surface area contributed by atoms with E-state index in [-0.39, 0.29) is 12.0 Å². The minimum atomic E-state index is -0.282. The van der Waals surface area contributed by atoms with Crippen LogP contribution >= 0.6 is 0 Å². The van der Waals surface area contributed by atoms with Crippen molar-refractivity contribution in [3.05, 3.63) is 12.2 Å². The highest BCUT2D eigenvalue weighted by Crippen LogP contribution is 2.10. The Labute approximate surface area is 100 Å². The SMILES string of the molecule is CCCCOC(C=O)C(C)C=CCC(C)C. The second-order valence-electron chi connectivity index (χ2n) is 4.74. The molecule has 0 N–H and O–H groups in total. The highest BCUT2D eigenvalue weighted by atomic mass is 16.5. The molecule has 0 aromatic heterocycles. The van der Waals surface area contributed by atoms with Crippen LogP contribution in [-0.2, 0) is 9.53 Å². The van der Waals surface area contributed by atoms with E-state index in [2.05, 4.69) is 32.9 Å². The number of unbranched alkanes of at least 4 members (excludes halogenated alkanes) is 1. The summed E-state index contributed by atoms with van der Waals surface area (Å²) in [5, 5.41) is 0. The van der Waals surface area contributed by atoms with Crippen LogP contribution in [0.25, 0.3) is 0 Å². The zero-order valence-electron chi connectivity index (χ0n) is 11.1. The van der Waals surface area contributed by atoms with E-state index in [0.29, 0.717) is 12.5 Å². The first-order valence-electron chi connectivity index (χ1n) is 6.35. The number of hydrogen-bond donors (Lipinski definition) is 0. The van der Waals surface area contributed by atoms with Crippen LogP contribution < -0.4 is 0 Å². The van der Waals surface area contributed by atoms with Crippen LogP contribution in [0.5, 0.6) is 0 Å². The fourth-order valence-electron chi connectivity index (χ4n) is 1.35. The van der Waals surface area contributed by atoms with Crippen molar-refractivity contribution in [2.45, 2.75) is 53.1 Å². The van der Waals surface area contributed by atoms with Gasteiger partial charge >= 0.3 is 0 Å². The number of aldehydes is 1. The van der Waals surface area contributed by atoms with Crippen molar-refractivity contribution in [2.24, 2.45) is 11.8 Å². The highest BCUT2D eigenvalue weighted by molar-refractivity contribution is 5.57. The van der Waals surface area contributed by atoms with Gasteiger partial charge in [-0.3, -0.25) is 0 Å². The van der Waals surface area contributed by atoms with E-state index in [4.69, 9.17) is 4.74 Å². The largest absolute Gasteiger partial charge is 0.370 e. The molecular formula is C14H26O2. The van der Waals surface area contributed by atoms with E-state index < -0.39 is 0 Å². The molecule has 0 saturated carbocycles. The van der Waals surface area contributed by atoms with Gasteiger partial charge in [-0.1, -0.05) is 46.3 Å². The monoisotopic (exact) mass is 226 g/mol. The van der Waals surface area contributed by atoms with Gasteiger partial charge in [0.05, 0.1) is 0 Å². The fraction of sp³-hybridized carbons (Fsp3) is 0.786. The summed E-state index contributed by atoms with van der Waals surface area (Å²) >= 11 is 0. The molecule has 0 aliphatic rings. The normalized spacial score (nSPS) is 15.6. The average molecular weight is 226 g/mol. The predicted octanol–water partition coefficient (Wildman–Crippen LogP) is 3.61. The molecule has 2 nitrogen and oxygen atoms in total. The quantitative estimate of drug-likeness (QED) is 0.341. The molecule has 2 unspecified atom stereocenters. The lowest BCUT2D eigenvalue weighted by molar-refractivity contribution is -0.120. The molecule has 0 rings (SSSR count). The van der Waals surface area contributed by atoms with E-state index in [9.17, 15) is 4.79 Å². The molecule has 2 heteroatoms. The Morgan fingerprint density at radius 2 is 1.94 bits per heavy atom. The summed E-state index contributed by atoms with van der Waals surface area (Å²) in [7, 11) is 0. The molecule has 0 fully saturated rings. The third-order valence-corrected chi connectivity index (χ3v) is 2.51. The van der Waals surface area contributed by atoms with Gasteiger partial charge in [0.15, 0.2) is 0 Å². The Morgan fingerprint density at radius 3 is 2.44 bits per heavy atom. The summed E-state index contributed by atoms with van der Waals surface area (Å²) in [5.41, 5.74) is 0. The maximum atomic E-state index is 10.9. The number of rotatable bonds is 9. The van der Waals surface area contributed by atoms with Gasteiger partial charge in [0.2, 0.25) is 0 Å². The van der Waals surface area contributed by atoms with Crippen molar-refractivity contribution in [1.29, 1.82) is 0 Å². The molecule has 0 aliphatic heterocycles. The molecule has 2 atom stereocenters. The standard InChI is InChI=1S/C14H26O2/c1-5-6-10-16-14(11-15)13(4)9-7-8-12(2)3/h7,9,11-14H,5-6,8,10H2,1-4H3. The van der Waals surface area contributed by atoms with Gasteiger partial charge in [-0.25, -0.2) is 0 Å². The average Bonchev–Trinajstić information content (AvgIpc) is 2.23. The van der Waals surface area contributed by atoms with Crippen molar-refractivity contribution in [3.63, 3.8) is 0 Å². The van der Waals surface area contributed by atoms with Gasteiger partial charge in [0, 0.05) is 12.5 Å². The summed E-state index contributed by atoms with van der Waals surface area (Å²) in [4.78, 5) is 10.9. The van der Waals surface area contributed by atoms with Crippen molar-refractivity contribution < 1.29 is 9.53 Å². The van der Waals surface area contributed by atoms with Gasteiger partial charge < -0.3 is 9.53 Å². The van der Waals surface area contributed by atoms with Crippen molar-refractivity contribution in [1.82, 2.24) is 0 Å². The molecule has 94 valence electrons. The van der Waals surface area contributed by atoms with Crippen LogP contribution in [0.4, 0.5) is 0 Å². The first kappa shape index (κ1) is 15.4. The Bertz CT molecular complexity index is 197. The molecule has 0 aliphatic carbocycles. The lowest BCUT2D eigenvalue weighted by Gasteiger charge is -2.16. The van der Waals surface area contributed by atoms with Gasteiger partial charge in [0.25, 0.3) is 0 Å². The van der Waals surface area contributed by atoms with Crippen molar-refractivity contribution >= 4 is 6.29 Å². The van der Waals surface area contributed by atoms with Crippen LogP contribution in [0.3, 0.4) is 0 Å². The molecule has 0 saturated heterocycles. The topological polar surface area (TPSA) is 26.3 Å². The van der Waals surface area contributed by atoms with Crippen LogP contribution in [-0.4, -0.2) is 19.0 Å². The van der Waals surface area contributed by atoms with E-state index in [1.54, 1.807) is 0 Å². The Morgan fingerprint density at radius 1 is 1.25 bits per heavy atom. The first-order chi connectivity index (χ1) is 7.61. The highest BCUT2D eigenvalue weighted by Gasteiger charge is 2.13. The smallest absolute Gasteiger partial charge is 0.149 e. The zero-order valence-corrected chi connectivity index (χ0v) is 11.1. The minimum absolute atomic E-state index is 0.174. The first-order valence-corrected chi connectivity index (χ1v) is 6.35.